The molecule has 2 rings (SSSR count). The van der Waals surface area contributed by atoms with Crippen molar-refractivity contribution in [2.24, 2.45) is 0 Å². The quantitative estimate of drug-likeness (QED) is 0.600. The molecular formula is C19H37NO3. The van der Waals surface area contributed by atoms with Crippen LogP contribution in [0.4, 0.5) is 0 Å². The fourth-order valence-electron chi connectivity index (χ4n) is 3.88. The third-order valence-electron chi connectivity index (χ3n) is 5.37. The average Bonchev–Trinajstić information content (AvgIpc) is 2.94. The van der Waals surface area contributed by atoms with Crippen molar-refractivity contribution in [2.45, 2.75) is 115 Å². The molecule has 0 unspecified atom stereocenters. The second kappa shape index (κ2) is 9.36. The van der Waals surface area contributed by atoms with Gasteiger partial charge in [-0.25, -0.2) is 0 Å². The van der Waals surface area contributed by atoms with Gasteiger partial charge in [-0.15, -0.1) is 0 Å². The SMILES string of the molecule is CCCCCCC1(CCCCCC)O[C@@H]2[C@H](O1)[C@H](C)NC[C@H]2O. The second-order valence-electron chi connectivity index (χ2n) is 7.46. The molecule has 0 aliphatic carbocycles. The van der Waals surface area contributed by atoms with Crippen molar-refractivity contribution < 1.29 is 14.6 Å². The summed E-state index contributed by atoms with van der Waals surface area (Å²) in [4.78, 5) is 0. The number of hydrogen-bond acceptors (Lipinski definition) is 4. The first-order valence-corrected chi connectivity index (χ1v) is 9.89. The van der Waals surface area contributed by atoms with Gasteiger partial charge >= 0.3 is 0 Å². The molecule has 0 radical (unpaired) electrons. The van der Waals surface area contributed by atoms with Crippen LogP contribution in [0.25, 0.3) is 0 Å². The number of hydrogen-bond donors (Lipinski definition) is 2. The zero-order valence-electron chi connectivity index (χ0n) is 15.4. The number of nitrogens with one attached hydrogen (secondary N) is 1. The molecule has 136 valence electrons. The lowest BCUT2D eigenvalue weighted by Gasteiger charge is -2.33. The Balaban J connectivity index is 1.95. The summed E-state index contributed by atoms with van der Waals surface area (Å²) in [5.41, 5.74) is 0. The monoisotopic (exact) mass is 327 g/mol. The van der Waals surface area contributed by atoms with Crippen molar-refractivity contribution in [3.05, 3.63) is 0 Å². The minimum atomic E-state index is -0.460. The first-order valence-electron chi connectivity index (χ1n) is 9.89. The summed E-state index contributed by atoms with van der Waals surface area (Å²) in [6, 6.07) is 0.247. The van der Waals surface area contributed by atoms with Gasteiger partial charge in [0, 0.05) is 25.4 Å². The Bertz CT molecular complexity index is 305. The second-order valence-corrected chi connectivity index (χ2v) is 7.46. The van der Waals surface area contributed by atoms with Crippen LogP contribution in [0.1, 0.15) is 85.0 Å². The van der Waals surface area contributed by atoms with E-state index in [1.165, 1.54) is 38.5 Å². The Morgan fingerprint density at radius 2 is 1.48 bits per heavy atom. The van der Waals surface area contributed by atoms with Gasteiger partial charge < -0.3 is 19.9 Å². The highest BCUT2D eigenvalue weighted by Gasteiger charge is 2.52. The van der Waals surface area contributed by atoms with Gasteiger partial charge in [0.05, 0.1) is 6.10 Å². The summed E-state index contributed by atoms with van der Waals surface area (Å²) in [6.45, 7) is 7.22. The van der Waals surface area contributed by atoms with Gasteiger partial charge in [-0.05, 0) is 19.8 Å². The molecule has 2 saturated heterocycles. The summed E-state index contributed by atoms with van der Waals surface area (Å²) >= 11 is 0. The molecule has 23 heavy (non-hydrogen) atoms. The first-order chi connectivity index (χ1) is 11.1. The molecule has 2 aliphatic rings. The smallest absolute Gasteiger partial charge is 0.169 e. The Morgan fingerprint density at radius 1 is 0.913 bits per heavy atom. The van der Waals surface area contributed by atoms with Crippen LogP contribution in [-0.4, -0.2) is 41.8 Å². The number of aliphatic hydroxyl groups excluding tert-OH is 1. The van der Waals surface area contributed by atoms with Crippen molar-refractivity contribution in [3.8, 4) is 0 Å². The molecule has 0 bridgehead atoms. The lowest BCUT2D eigenvalue weighted by Crippen LogP contribution is -2.57. The lowest BCUT2D eigenvalue weighted by molar-refractivity contribution is -0.191. The summed E-state index contributed by atoms with van der Waals surface area (Å²) in [7, 11) is 0. The van der Waals surface area contributed by atoms with Crippen LogP contribution in [0.5, 0.6) is 0 Å². The van der Waals surface area contributed by atoms with Crippen LogP contribution < -0.4 is 5.32 Å². The molecule has 0 amide bonds. The van der Waals surface area contributed by atoms with Crippen LogP contribution >= 0.6 is 0 Å². The molecule has 0 aromatic heterocycles. The maximum atomic E-state index is 10.3. The van der Waals surface area contributed by atoms with Crippen LogP contribution in [0, 0.1) is 0 Å². The maximum absolute atomic E-state index is 10.3. The largest absolute Gasteiger partial charge is 0.389 e. The van der Waals surface area contributed by atoms with E-state index < -0.39 is 11.9 Å². The Morgan fingerprint density at radius 3 is 2.00 bits per heavy atom. The zero-order chi connectivity index (χ0) is 16.7. The number of ether oxygens (including phenoxy) is 2. The predicted octanol–water partition coefficient (Wildman–Crippen LogP) is 3.76. The number of β-amino-alcohol motifs (C(OH)–C–C–N with tert-alkyl or cyclic N) is 1. The number of piperidine rings is 1. The van der Waals surface area contributed by atoms with E-state index in [0.717, 1.165) is 25.7 Å². The molecular weight excluding hydrogens is 290 g/mol. The Hall–Kier alpha value is -0.160. The van der Waals surface area contributed by atoms with E-state index in [0.29, 0.717) is 6.54 Å². The maximum Gasteiger partial charge on any atom is 0.169 e. The number of unbranched alkanes of at least 4 members (excludes halogenated alkanes) is 6. The highest BCUT2D eigenvalue weighted by Crippen LogP contribution is 2.40. The molecule has 2 heterocycles. The van der Waals surface area contributed by atoms with Crippen molar-refractivity contribution in [3.63, 3.8) is 0 Å². The highest BCUT2D eigenvalue weighted by molar-refractivity contribution is 4.98. The molecule has 0 spiro atoms. The fourth-order valence-corrected chi connectivity index (χ4v) is 3.88. The van der Waals surface area contributed by atoms with Gasteiger partial charge in [0.1, 0.15) is 12.2 Å². The molecule has 2 aliphatic heterocycles. The van der Waals surface area contributed by atoms with Crippen LogP contribution in [-0.2, 0) is 9.47 Å². The topological polar surface area (TPSA) is 50.7 Å². The van der Waals surface area contributed by atoms with E-state index in [-0.39, 0.29) is 18.2 Å². The van der Waals surface area contributed by atoms with Gasteiger partial charge in [0.25, 0.3) is 0 Å². The van der Waals surface area contributed by atoms with Gasteiger partial charge in [0.2, 0.25) is 0 Å². The lowest BCUT2D eigenvalue weighted by atomic mass is 9.98. The molecule has 0 aromatic rings. The zero-order valence-corrected chi connectivity index (χ0v) is 15.4. The van der Waals surface area contributed by atoms with E-state index in [9.17, 15) is 5.11 Å². The highest BCUT2D eigenvalue weighted by atomic mass is 16.8. The Labute approximate surface area is 142 Å². The Kier molecular flexibility index (Phi) is 7.80. The average molecular weight is 328 g/mol. The van der Waals surface area contributed by atoms with Gasteiger partial charge in [0.15, 0.2) is 5.79 Å². The molecule has 2 N–H and O–H groups in total. The minimum Gasteiger partial charge on any atom is -0.389 e. The normalized spacial score (nSPS) is 32.9. The fraction of sp³-hybridized carbons (Fsp3) is 1.00. The summed E-state index contributed by atoms with van der Waals surface area (Å²) < 4.78 is 12.8. The van der Waals surface area contributed by atoms with Gasteiger partial charge in [-0.3, -0.25) is 0 Å². The van der Waals surface area contributed by atoms with Gasteiger partial charge in [-0.1, -0.05) is 52.4 Å². The summed E-state index contributed by atoms with van der Waals surface area (Å²) in [5, 5.41) is 13.6. The molecule has 2 fully saturated rings. The van der Waals surface area contributed by atoms with Crippen molar-refractivity contribution in [1.29, 1.82) is 0 Å². The predicted molar refractivity (Wildman–Crippen MR) is 93.5 cm³/mol. The van der Waals surface area contributed by atoms with Crippen molar-refractivity contribution in [1.82, 2.24) is 5.32 Å². The van der Waals surface area contributed by atoms with Crippen molar-refractivity contribution in [2.75, 3.05) is 6.54 Å². The van der Waals surface area contributed by atoms with Crippen LogP contribution in [0.3, 0.4) is 0 Å². The van der Waals surface area contributed by atoms with E-state index in [1.807, 2.05) is 0 Å². The molecule has 0 aromatic carbocycles. The molecule has 0 saturated carbocycles. The molecule has 4 nitrogen and oxygen atoms in total. The third kappa shape index (κ3) is 5.15. The van der Waals surface area contributed by atoms with E-state index in [2.05, 4.69) is 26.1 Å². The van der Waals surface area contributed by atoms with Crippen LogP contribution in [0.15, 0.2) is 0 Å². The number of fused-ring (bicyclic) bond motifs is 1. The summed E-state index contributed by atoms with van der Waals surface area (Å²) in [5.74, 6) is -0.460. The third-order valence-corrected chi connectivity index (χ3v) is 5.37. The van der Waals surface area contributed by atoms with Crippen LogP contribution in [0.2, 0.25) is 0 Å². The number of rotatable bonds is 10. The van der Waals surface area contributed by atoms with E-state index in [1.54, 1.807) is 0 Å². The molecule has 4 atom stereocenters. The van der Waals surface area contributed by atoms with Gasteiger partial charge in [-0.2, -0.15) is 0 Å². The van der Waals surface area contributed by atoms with Crippen molar-refractivity contribution >= 4 is 0 Å². The van der Waals surface area contributed by atoms with E-state index >= 15 is 0 Å². The summed E-state index contributed by atoms with van der Waals surface area (Å²) in [6.07, 6.45) is 11.1. The first kappa shape index (κ1) is 19.2. The molecule has 4 heteroatoms. The standard InChI is InChI=1S/C19H37NO3/c1-4-6-8-10-12-19(13-11-9-7-5-2)22-17-15(3)20-14-16(21)18(17)23-19/h15-18,20-21H,4-14H2,1-3H3/t15-,16+,17+,18-/m0/s1. The number of aliphatic hydroxyl groups is 1. The van der Waals surface area contributed by atoms with E-state index in [4.69, 9.17) is 9.47 Å². The minimum absolute atomic E-state index is 0.0175.